The van der Waals surface area contributed by atoms with Crippen LogP contribution in [0.3, 0.4) is 0 Å². The molecule has 0 radical (unpaired) electrons. The van der Waals surface area contributed by atoms with Crippen molar-refractivity contribution in [2.24, 2.45) is 5.92 Å². The van der Waals surface area contributed by atoms with Crippen LogP contribution in [0, 0.1) is 5.92 Å². The van der Waals surface area contributed by atoms with Crippen LogP contribution in [0.25, 0.3) is 0 Å². The minimum atomic E-state index is -0.114. The summed E-state index contributed by atoms with van der Waals surface area (Å²) in [5.41, 5.74) is 1.72. The van der Waals surface area contributed by atoms with Gasteiger partial charge < -0.3 is 19.7 Å². The van der Waals surface area contributed by atoms with Gasteiger partial charge in [-0.1, -0.05) is 12.2 Å². The number of nitrogens with one attached hydrogen (secondary N) is 1. The number of amides is 2. The van der Waals surface area contributed by atoms with Gasteiger partial charge in [0.15, 0.2) is 0 Å². The van der Waals surface area contributed by atoms with Crippen molar-refractivity contribution in [3.63, 3.8) is 0 Å². The van der Waals surface area contributed by atoms with E-state index in [1.807, 2.05) is 38.1 Å². The average molecular weight is 332 g/mol. The first-order chi connectivity index (χ1) is 11.6. The molecule has 1 aliphatic heterocycles. The van der Waals surface area contributed by atoms with Crippen LogP contribution in [0.5, 0.6) is 5.75 Å². The normalized spacial score (nSPS) is 14.9. The van der Waals surface area contributed by atoms with Gasteiger partial charge in [-0.2, -0.15) is 0 Å². The Hall–Kier alpha value is -2.01. The van der Waals surface area contributed by atoms with E-state index in [1.165, 1.54) is 0 Å². The van der Waals surface area contributed by atoms with Crippen molar-refractivity contribution in [1.82, 2.24) is 4.90 Å². The van der Waals surface area contributed by atoms with E-state index < -0.39 is 0 Å². The molecule has 5 heteroatoms. The van der Waals surface area contributed by atoms with Crippen molar-refractivity contribution in [2.45, 2.75) is 26.7 Å². The number of hydrogen-bond acceptors (Lipinski definition) is 3. The molecule has 0 atom stereocenters. The Balaban J connectivity index is 1.82. The second-order valence-corrected chi connectivity index (χ2v) is 6.29. The molecule has 0 aliphatic carbocycles. The second kappa shape index (κ2) is 9.33. The molecule has 1 aliphatic rings. The smallest absolute Gasteiger partial charge is 0.322 e. The molecule has 0 spiro atoms. The molecule has 1 saturated heterocycles. The number of rotatable bonds is 7. The molecule has 2 rings (SSSR count). The molecule has 1 aromatic carbocycles. The molecule has 132 valence electrons. The lowest BCUT2D eigenvalue weighted by molar-refractivity contribution is 0.0497. The maximum absolute atomic E-state index is 12.2. The monoisotopic (exact) mass is 332 g/mol. The zero-order valence-corrected chi connectivity index (χ0v) is 14.7. The van der Waals surface area contributed by atoms with Crippen molar-refractivity contribution in [1.29, 1.82) is 0 Å². The number of nitrogens with zero attached hydrogens (tertiary/aromatic N) is 1. The van der Waals surface area contributed by atoms with Crippen molar-refractivity contribution in [3.8, 4) is 5.75 Å². The summed E-state index contributed by atoms with van der Waals surface area (Å²) in [4.78, 5) is 13.9. The van der Waals surface area contributed by atoms with E-state index in [-0.39, 0.29) is 6.03 Å². The number of urea groups is 1. The molecule has 1 N–H and O–H groups in total. The highest BCUT2D eigenvalue weighted by Crippen LogP contribution is 2.20. The Labute approximate surface area is 144 Å². The first kappa shape index (κ1) is 18.3. The molecule has 0 bridgehead atoms. The van der Waals surface area contributed by atoms with Crippen molar-refractivity contribution < 1.29 is 14.3 Å². The molecule has 1 heterocycles. The predicted molar refractivity (Wildman–Crippen MR) is 96.6 cm³/mol. The van der Waals surface area contributed by atoms with Crippen LogP contribution in [0.15, 0.2) is 36.4 Å². The van der Waals surface area contributed by atoms with Crippen LogP contribution >= 0.6 is 0 Å². The van der Waals surface area contributed by atoms with Crippen LogP contribution < -0.4 is 10.1 Å². The van der Waals surface area contributed by atoms with Gasteiger partial charge in [0.05, 0.1) is 6.61 Å². The fourth-order valence-corrected chi connectivity index (χ4v) is 2.62. The quantitative estimate of drug-likeness (QED) is 0.770. The lowest BCUT2D eigenvalue weighted by Crippen LogP contribution is -2.35. The summed E-state index contributed by atoms with van der Waals surface area (Å²) >= 11 is 0. The lowest BCUT2D eigenvalue weighted by Gasteiger charge is -2.22. The number of carbonyl (C=O) groups excluding carboxylic acids is 1. The highest BCUT2D eigenvalue weighted by atomic mass is 16.5. The third-order valence-corrected chi connectivity index (χ3v) is 4.06. The minimum Gasteiger partial charge on any atom is -0.493 e. The molecular formula is C19H28N2O3. The predicted octanol–water partition coefficient (Wildman–Crippen LogP) is 3.92. The summed E-state index contributed by atoms with van der Waals surface area (Å²) in [5.74, 6) is 1.40. The first-order valence-corrected chi connectivity index (χ1v) is 8.59. The van der Waals surface area contributed by atoms with Crippen LogP contribution in [0.1, 0.15) is 26.7 Å². The summed E-state index contributed by atoms with van der Waals surface area (Å²) < 4.78 is 11.2. The van der Waals surface area contributed by atoms with Gasteiger partial charge in [0.25, 0.3) is 0 Å². The Bertz CT molecular complexity index is 536. The summed E-state index contributed by atoms with van der Waals surface area (Å²) in [6, 6.07) is 7.40. The SMILES string of the molecule is C=C(C)CN(CC)C(=O)Nc1ccc(OCC2CCOCC2)cc1. The van der Waals surface area contributed by atoms with Gasteiger partial charge in [-0.15, -0.1) is 0 Å². The van der Waals surface area contributed by atoms with Gasteiger partial charge in [-0.3, -0.25) is 0 Å². The summed E-state index contributed by atoms with van der Waals surface area (Å²) in [6.07, 6.45) is 2.12. The van der Waals surface area contributed by atoms with Gasteiger partial charge >= 0.3 is 6.03 Å². The number of carbonyl (C=O) groups is 1. The Kier molecular flexibility index (Phi) is 7.12. The molecule has 2 amide bonds. The summed E-state index contributed by atoms with van der Waals surface area (Å²) in [5, 5.41) is 2.90. The van der Waals surface area contributed by atoms with Crippen molar-refractivity contribution in [3.05, 3.63) is 36.4 Å². The summed E-state index contributed by atoms with van der Waals surface area (Å²) in [6.45, 7) is 11.3. The van der Waals surface area contributed by atoms with E-state index >= 15 is 0 Å². The van der Waals surface area contributed by atoms with Gasteiger partial charge in [0, 0.05) is 32.0 Å². The number of anilines is 1. The maximum Gasteiger partial charge on any atom is 0.322 e. The third kappa shape index (κ3) is 5.89. The zero-order valence-electron chi connectivity index (χ0n) is 14.7. The van der Waals surface area contributed by atoms with E-state index in [9.17, 15) is 4.79 Å². The van der Waals surface area contributed by atoms with Gasteiger partial charge in [0.1, 0.15) is 5.75 Å². The Morgan fingerprint density at radius 2 is 2.00 bits per heavy atom. The third-order valence-electron chi connectivity index (χ3n) is 4.06. The van der Waals surface area contributed by atoms with E-state index in [2.05, 4.69) is 11.9 Å². The number of hydrogen-bond donors (Lipinski definition) is 1. The van der Waals surface area contributed by atoms with Gasteiger partial charge in [-0.25, -0.2) is 4.79 Å². The molecular weight excluding hydrogens is 304 g/mol. The topological polar surface area (TPSA) is 50.8 Å². The molecule has 0 unspecified atom stereocenters. The molecule has 0 saturated carbocycles. The fourth-order valence-electron chi connectivity index (χ4n) is 2.62. The second-order valence-electron chi connectivity index (χ2n) is 6.29. The molecule has 1 fully saturated rings. The highest BCUT2D eigenvalue weighted by Gasteiger charge is 2.15. The molecule has 0 aromatic heterocycles. The number of likely N-dealkylation sites (N-methyl/N-ethyl adjacent to an activating group) is 1. The van der Waals surface area contributed by atoms with Gasteiger partial charge in [-0.05, 0) is 56.9 Å². The van der Waals surface area contributed by atoms with Crippen LogP contribution in [0.2, 0.25) is 0 Å². The first-order valence-electron chi connectivity index (χ1n) is 8.59. The highest BCUT2D eigenvalue weighted by molar-refractivity contribution is 5.89. The van der Waals surface area contributed by atoms with Crippen molar-refractivity contribution in [2.75, 3.05) is 38.2 Å². The zero-order chi connectivity index (χ0) is 17.4. The van der Waals surface area contributed by atoms with E-state index in [0.29, 0.717) is 19.0 Å². The van der Waals surface area contributed by atoms with Crippen molar-refractivity contribution >= 4 is 11.7 Å². The van der Waals surface area contributed by atoms with Crippen LogP contribution in [-0.2, 0) is 4.74 Å². The average Bonchev–Trinajstić information content (AvgIpc) is 2.59. The number of benzene rings is 1. The molecule has 5 nitrogen and oxygen atoms in total. The fraction of sp³-hybridized carbons (Fsp3) is 0.526. The van der Waals surface area contributed by atoms with E-state index in [0.717, 1.165) is 49.7 Å². The standard InChI is InChI=1S/C19H28N2O3/c1-4-21(13-15(2)3)19(22)20-17-5-7-18(8-6-17)24-14-16-9-11-23-12-10-16/h5-8,16H,2,4,9-14H2,1,3H3,(H,20,22). The Morgan fingerprint density at radius 1 is 1.33 bits per heavy atom. The Morgan fingerprint density at radius 3 is 2.58 bits per heavy atom. The number of ether oxygens (including phenoxy) is 2. The van der Waals surface area contributed by atoms with E-state index in [1.54, 1.807) is 4.90 Å². The lowest BCUT2D eigenvalue weighted by atomic mass is 10.0. The van der Waals surface area contributed by atoms with Crippen LogP contribution in [-0.4, -0.2) is 43.8 Å². The molecule has 24 heavy (non-hydrogen) atoms. The summed E-state index contributed by atoms with van der Waals surface area (Å²) in [7, 11) is 0. The van der Waals surface area contributed by atoms with E-state index in [4.69, 9.17) is 9.47 Å². The van der Waals surface area contributed by atoms with Crippen LogP contribution in [0.4, 0.5) is 10.5 Å². The largest absolute Gasteiger partial charge is 0.493 e. The van der Waals surface area contributed by atoms with Gasteiger partial charge in [0.2, 0.25) is 0 Å². The molecule has 1 aromatic rings. The minimum absolute atomic E-state index is 0.114. The maximum atomic E-state index is 12.2.